The predicted molar refractivity (Wildman–Crippen MR) is 98.4 cm³/mol. The number of nitrogens with one attached hydrogen (secondary N) is 1. The molecule has 0 aromatic carbocycles. The lowest BCUT2D eigenvalue weighted by Crippen LogP contribution is -2.54. The molecule has 0 radical (unpaired) electrons. The molecule has 8 nitrogen and oxygen atoms in total. The highest BCUT2D eigenvalue weighted by Crippen LogP contribution is 2.31. The normalized spacial score (nSPS) is 13.9. The second-order valence-corrected chi connectivity index (χ2v) is 8.32. The fourth-order valence-corrected chi connectivity index (χ4v) is 3.12. The van der Waals surface area contributed by atoms with E-state index in [0.29, 0.717) is 29.8 Å². The molecule has 0 unspecified atom stereocenters. The van der Waals surface area contributed by atoms with Crippen LogP contribution in [0.4, 0.5) is 0 Å². The summed E-state index contributed by atoms with van der Waals surface area (Å²) < 4.78 is 7.17. The SMILES string of the molecule is Cc1c(C(=O)OC(C)(C)C)c2n(c1C(=O)C(=O)NC(C)(C)C(N)=O)CCC2. The number of primary amides is 1. The molecule has 0 saturated heterocycles. The molecule has 3 N–H and O–H groups in total. The standard InChI is InChI=1S/C19H27N3O5/c1-10-12(16(25)27-18(2,3)4)11-8-7-9-22(11)13(10)14(23)15(24)21-19(5,6)17(20)26/h7-9H2,1-6H3,(H2,20,26)(H,21,24). The molecule has 2 rings (SSSR count). The number of hydrogen-bond donors (Lipinski definition) is 2. The van der Waals surface area contributed by atoms with Gasteiger partial charge >= 0.3 is 5.97 Å². The van der Waals surface area contributed by atoms with Gasteiger partial charge in [-0.05, 0) is 59.9 Å². The van der Waals surface area contributed by atoms with Crippen molar-refractivity contribution < 1.29 is 23.9 Å². The molecule has 0 bridgehead atoms. The van der Waals surface area contributed by atoms with Gasteiger partial charge in [0.25, 0.3) is 11.7 Å². The van der Waals surface area contributed by atoms with Gasteiger partial charge in [-0.2, -0.15) is 0 Å². The molecule has 0 aliphatic carbocycles. The minimum atomic E-state index is -1.37. The second-order valence-electron chi connectivity index (χ2n) is 8.32. The Morgan fingerprint density at radius 3 is 2.22 bits per heavy atom. The van der Waals surface area contributed by atoms with E-state index >= 15 is 0 Å². The first-order chi connectivity index (χ1) is 12.3. The number of ether oxygens (including phenoxy) is 1. The van der Waals surface area contributed by atoms with Crippen molar-refractivity contribution in [1.82, 2.24) is 9.88 Å². The first-order valence-electron chi connectivity index (χ1n) is 8.88. The highest BCUT2D eigenvalue weighted by molar-refractivity contribution is 6.43. The van der Waals surface area contributed by atoms with Crippen molar-refractivity contribution in [2.45, 2.75) is 72.1 Å². The van der Waals surface area contributed by atoms with E-state index in [0.717, 1.165) is 6.42 Å². The average Bonchev–Trinajstić information content (AvgIpc) is 3.03. The summed E-state index contributed by atoms with van der Waals surface area (Å²) in [4.78, 5) is 49.3. The van der Waals surface area contributed by atoms with Crippen LogP contribution in [0.5, 0.6) is 0 Å². The first kappa shape index (κ1) is 20.7. The third-order valence-electron chi connectivity index (χ3n) is 4.48. The summed E-state index contributed by atoms with van der Waals surface area (Å²) in [6.07, 6.45) is 1.39. The number of nitrogens with zero attached hydrogens (tertiary/aromatic N) is 1. The molecule has 0 atom stereocenters. The molecule has 1 aliphatic heterocycles. The quantitative estimate of drug-likeness (QED) is 0.455. The molecular weight excluding hydrogens is 350 g/mol. The molecule has 1 aromatic heterocycles. The van der Waals surface area contributed by atoms with E-state index in [1.807, 2.05) is 0 Å². The summed E-state index contributed by atoms with van der Waals surface area (Å²) in [6.45, 7) is 10.3. The molecule has 1 aliphatic rings. The number of amides is 2. The van der Waals surface area contributed by atoms with E-state index in [9.17, 15) is 19.2 Å². The minimum Gasteiger partial charge on any atom is -0.456 e. The first-order valence-corrected chi connectivity index (χ1v) is 8.88. The molecule has 0 fully saturated rings. The molecule has 27 heavy (non-hydrogen) atoms. The van der Waals surface area contributed by atoms with Gasteiger partial charge in [-0.3, -0.25) is 14.4 Å². The van der Waals surface area contributed by atoms with E-state index < -0.39 is 34.7 Å². The number of hydrogen-bond acceptors (Lipinski definition) is 5. The van der Waals surface area contributed by atoms with Crippen molar-refractivity contribution in [2.24, 2.45) is 5.73 Å². The molecule has 0 saturated carbocycles. The fraction of sp³-hybridized carbons (Fsp3) is 0.579. The minimum absolute atomic E-state index is 0.154. The fourth-order valence-electron chi connectivity index (χ4n) is 3.12. The van der Waals surface area contributed by atoms with Gasteiger partial charge in [-0.15, -0.1) is 0 Å². The third kappa shape index (κ3) is 4.04. The molecule has 8 heteroatoms. The topological polar surface area (TPSA) is 120 Å². The van der Waals surface area contributed by atoms with Crippen LogP contribution in [0.1, 0.15) is 73.1 Å². The Balaban J connectivity index is 2.43. The van der Waals surface area contributed by atoms with Gasteiger partial charge in [0.15, 0.2) is 0 Å². The second kappa shape index (κ2) is 6.83. The van der Waals surface area contributed by atoms with Crippen molar-refractivity contribution in [2.75, 3.05) is 0 Å². The Labute approximate surface area is 158 Å². The molecule has 0 spiro atoms. The Morgan fingerprint density at radius 2 is 1.70 bits per heavy atom. The lowest BCUT2D eigenvalue weighted by molar-refractivity contribution is -0.128. The molecule has 148 valence electrons. The zero-order chi connectivity index (χ0) is 20.7. The number of Topliss-reactive ketones (excluding diaryl/α,β-unsaturated/α-hetero) is 1. The Bertz CT molecular complexity index is 827. The van der Waals surface area contributed by atoms with Crippen molar-refractivity contribution >= 4 is 23.6 Å². The van der Waals surface area contributed by atoms with Crippen LogP contribution >= 0.6 is 0 Å². The van der Waals surface area contributed by atoms with E-state index in [-0.39, 0.29) is 5.69 Å². The van der Waals surface area contributed by atoms with E-state index in [4.69, 9.17) is 10.5 Å². The average molecular weight is 377 g/mol. The number of carbonyl (C=O) groups excluding carboxylic acids is 4. The molecule has 1 aromatic rings. The summed E-state index contributed by atoms with van der Waals surface area (Å²) in [5.41, 5.74) is 4.81. The summed E-state index contributed by atoms with van der Waals surface area (Å²) in [7, 11) is 0. The van der Waals surface area contributed by atoms with Gasteiger partial charge in [0.1, 0.15) is 11.1 Å². The number of fused-ring (bicyclic) bond motifs is 1. The maximum atomic E-state index is 12.8. The van der Waals surface area contributed by atoms with Crippen LogP contribution in [-0.4, -0.2) is 39.3 Å². The van der Waals surface area contributed by atoms with E-state index in [1.54, 1.807) is 32.3 Å². The molecule has 2 heterocycles. The lowest BCUT2D eigenvalue weighted by atomic mass is 10.0. The lowest BCUT2D eigenvalue weighted by Gasteiger charge is -2.21. The number of esters is 1. The third-order valence-corrected chi connectivity index (χ3v) is 4.48. The number of ketones is 1. The van der Waals surface area contributed by atoms with Crippen molar-refractivity contribution in [3.8, 4) is 0 Å². The van der Waals surface area contributed by atoms with Gasteiger partial charge in [0.2, 0.25) is 5.91 Å². The van der Waals surface area contributed by atoms with Gasteiger partial charge in [-0.1, -0.05) is 0 Å². The van der Waals surface area contributed by atoms with Crippen LogP contribution in [0.3, 0.4) is 0 Å². The number of nitrogens with two attached hydrogens (primary N) is 1. The van der Waals surface area contributed by atoms with Crippen LogP contribution in [0.2, 0.25) is 0 Å². The van der Waals surface area contributed by atoms with Crippen molar-refractivity contribution in [3.63, 3.8) is 0 Å². The highest BCUT2D eigenvalue weighted by Gasteiger charge is 2.37. The Morgan fingerprint density at radius 1 is 1.11 bits per heavy atom. The van der Waals surface area contributed by atoms with Crippen LogP contribution in [0.15, 0.2) is 0 Å². The maximum absolute atomic E-state index is 12.8. The van der Waals surface area contributed by atoms with Gasteiger partial charge < -0.3 is 20.4 Å². The smallest absolute Gasteiger partial charge is 0.340 e. The van der Waals surface area contributed by atoms with E-state index in [2.05, 4.69) is 5.32 Å². The highest BCUT2D eigenvalue weighted by atomic mass is 16.6. The number of carbonyl (C=O) groups is 4. The van der Waals surface area contributed by atoms with Crippen LogP contribution in [-0.2, 0) is 27.3 Å². The van der Waals surface area contributed by atoms with Crippen molar-refractivity contribution in [3.05, 3.63) is 22.5 Å². The Hall–Kier alpha value is -2.64. The van der Waals surface area contributed by atoms with Gasteiger partial charge in [-0.25, -0.2) is 4.79 Å². The summed E-state index contributed by atoms with van der Waals surface area (Å²) >= 11 is 0. The van der Waals surface area contributed by atoms with E-state index in [1.165, 1.54) is 13.8 Å². The molecule has 2 amide bonds. The van der Waals surface area contributed by atoms with Crippen molar-refractivity contribution in [1.29, 1.82) is 0 Å². The van der Waals surface area contributed by atoms with Crippen LogP contribution < -0.4 is 11.1 Å². The van der Waals surface area contributed by atoms with Gasteiger partial charge in [0.05, 0.1) is 11.3 Å². The van der Waals surface area contributed by atoms with Crippen LogP contribution in [0.25, 0.3) is 0 Å². The zero-order valence-corrected chi connectivity index (χ0v) is 16.7. The summed E-state index contributed by atoms with van der Waals surface area (Å²) in [5, 5.41) is 2.36. The predicted octanol–water partition coefficient (Wildman–Crippen LogP) is 1.26. The summed E-state index contributed by atoms with van der Waals surface area (Å²) in [6, 6.07) is 0. The van der Waals surface area contributed by atoms with Crippen LogP contribution in [0, 0.1) is 6.92 Å². The zero-order valence-electron chi connectivity index (χ0n) is 16.7. The maximum Gasteiger partial charge on any atom is 0.340 e. The largest absolute Gasteiger partial charge is 0.456 e. The van der Waals surface area contributed by atoms with Gasteiger partial charge in [0, 0.05) is 12.2 Å². The monoisotopic (exact) mass is 377 g/mol. The Kier molecular flexibility index (Phi) is 5.23. The summed E-state index contributed by atoms with van der Waals surface area (Å²) in [5.74, 6) is -3.01. The number of rotatable bonds is 5. The molecular formula is C19H27N3O5. The number of aromatic nitrogens is 1.